The van der Waals surface area contributed by atoms with Crippen LogP contribution in [0.3, 0.4) is 0 Å². The largest absolute Gasteiger partial charge is 0.396 e. The first-order chi connectivity index (χ1) is 8.19. The first-order valence-electron chi connectivity index (χ1n) is 6.37. The number of amides is 1. The zero-order chi connectivity index (χ0) is 12.6. The summed E-state index contributed by atoms with van der Waals surface area (Å²) in [6.07, 6.45) is 2.89. The van der Waals surface area contributed by atoms with Gasteiger partial charge in [0.1, 0.15) is 0 Å². The minimum absolute atomic E-state index is 0. The maximum absolute atomic E-state index is 12.0. The third-order valence-electron chi connectivity index (χ3n) is 3.12. The van der Waals surface area contributed by atoms with Gasteiger partial charge in [-0.15, -0.1) is 12.4 Å². The highest BCUT2D eigenvalue weighted by atomic mass is 35.5. The second kappa shape index (κ2) is 9.89. The zero-order valence-corrected chi connectivity index (χ0v) is 12.7. The highest BCUT2D eigenvalue weighted by Gasteiger charge is 2.34. The van der Waals surface area contributed by atoms with Crippen molar-refractivity contribution in [2.45, 2.75) is 26.2 Å². The molecule has 4 nitrogen and oxygen atoms in total. The van der Waals surface area contributed by atoms with Crippen molar-refractivity contribution in [1.29, 1.82) is 0 Å². The Balaban J connectivity index is 0.00000289. The molecule has 0 aromatic carbocycles. The van der Waals surface area contributed by atoms with Gasteiger partial charge in [-0.05, 0) is 38.5 Å². The Bertz CT molecular complexity index is 236. The van der Waals surface area contributed by atoms with Crippen LogP contribution in [0.15, 0.2) is 0 Å². The van der Waals surface area contributed by atoms with E-state index in [4.69, 9.17) is 5.11 Å². The second-order valence-electron chi connectivity index (χ2n) is 4.79. The number of piperidine rings is 1. The number of rotatable bonds is 7. The van der Waals surface area contributed by atoms with E-state index in [2.05, 4.69) is 10.6 Å². The molecule has 0 aromatic rings. The monoisotopic (exact) mass is 296 g/mol. The molecule has 1 rings (SSSR count). The number of thioether (sulfide) groups is 1. The van der Waals surface area contributed by atoms with Crippen LogP contribution in [0.5, 0.6) is 0 Å². The fraction of sp³-hybridized carbons (Fsp3) is 0.917. The Kier molecular flexibility index (Phi) is 9.91. The van der Waals surface area contributed by atoms with Gasteiger partial charge < -0.3 is 15.7 Å². The molecule has 0 saturated carbocycles. The number of nitrogens with one attached hydrogen (secondary N) is 2. The van der Waals surface area contributed by atoms with Crippen LogP contribution in [0.1, 0.15) is 26.2 Å². The molecular weight excluding hydrogens is 272 g/mol. The Hall–Kier alpha value is 0.0300. The molecule has 18 heavy (non-hydrogen) atoms. The Morgan fingerprint density at radius 2 is 2.28 bits per heavy atom. The molecule has 0 aromatic heterocycles. The van der Waals surface area contributed by atoms with Crippen LogP contribution in [-0.4, -0.2) is 48.8 Å². The van der Waals surface area contributed by atoms with E-state index in [1.54, 1.807) is 11.8 Å². The number of carbonyl (C=O) groups is 1. The van der Waals surface area contributed by atoms with E-state index in [1.807, 2.05) is 6.92 Å². The van der Waals surface area contributed by atoms with Gasteiger partial charge in [0.15, 0.2) is 0 Å². The molecule has 0 bridgehead atoms. The predicted octanol–water partition coefficient (Wildman–Crippen LogP) is 1.03. The van der Waals surface area contributed by atoms with Crippen molar-refractivity contribution >= 4 is 30.1 Å². The van der Waals surface area contributed by atoms with E-state index >= 15 is 0 Å². The van der Waals surface area contributed by atoms with E-state index in [-0.39, 0.29) is 30.3 Å². The summed E-state index contributed by atoms with van der Waals surface area (Å²) < 4.78 is 0. The summed E-state index contributed by atoms with van der Waals surface area (Å²) in [5.41, 5.74) is -0.228. The number of aliphatic hydroxyl groups is 1. The lowest BCUT2D eigenvalue weighted by Crippen LogP contribution is -2.49. The topological polar surface area (TPSA) is 61.4 Å². The minimum atomic E-state index is -0.228. The van der Waals surface area contributed by atoms with Gasteiger partial charge in [-0.3, -0.25) is 4.79 Å². The van der Waals surface area contributed by atoms with Gasteiger partial charge in [0.25, 0.3) is 0 Å². The molecule has 1 unspecified atom stereocenters. The fourth-order valence-corrected chi connectivity index (χ4v) is 2.75. The molecule has 0 radical (unpaired) electrons. The molecule has 3 N–H and O–H groups in total. The molecule has 0 spiro atoms. The van der Waals surface area contributed by atoms with Crippen molar-refractivity contribution < 1.29 is 9.90 Å². The lowest BCUT2D eigenvalue weighted by Gasteiger charge is -2.32. The van der Waals surface area contributed by atoms with Crippen LogP contribution < -0.4 is 10.6 Å². The summed E-state index contributed by atoms with van der Waals surface area (Å²) in [5.74, 6) is 2.06. The van der Waals surface area contributed by atoms with Crippen molar-refractivity contribution in [2.24, 2.45) is 5.41 Å². The normalized spacial score (nSPS) is 23.2. The average molecular weight is 297 g/mol. The summed E-state index contributed by atoms with van der Waals surface area (Å²) in [7, 11) is 0. The smallest absolute Gasteiger partial charge is 0.227 e. The van der Waals surface area contributed by atoms with Crippen LogP contribution in [0.25, 0.3) is 0 Å². The fourth-order valence-electron chi connectivity index (χ4n) is 1.97. The molecule has 1 fully saturated rings. The SMILES string of the molecule is CC1(C(=O)NCCSCCCO)CCCNC1.Cl. The van der Waals surface area contributed by atoms with Crippen LogP contribution in [0, 0.1) is 5.41 Å². The Morgan fingerprint density at radius 3 is 2.89 bits per heavy atom. The van der Waals surface area contributed by atoms with Crippen LogP contribution in [0.2, 0.25) is 0 Å². The van der Waals surface area contributed by atoms with E-state index in [0.717, 1.165) is 50.4 Å². The minimum Gasteiger partial charge on any atom is -0.396 e. The van der Waals surface area contributed by atoms with Crippen molar-refractivity contribution in [3.63, 3.8) is 0 Å². The van der Waals surface area contributed by atoms with E-state index in [0.29, 0.717) is 0 Å². The molecule has 1 atom stereocenters. The first-order valence-corrected chi connectivity index (χ1v) is 7.52. The first kappa shape index (κ1) is 18.0. The third-order valence-corrected chi connectivity index (χ3v) is 4.19. The molecular formula is C12H25ClN2O2S. The highest BCUT2D eigenvalue weighted by molar-refractivity contribution is 7.99. The molecule has 1 aliphatic rings. The molecule has 1 amide bonds. The van der Waals surface area contributed by atoms with Crippen LogP contribution in [0.4, 0.5) is 0 Å². The summed E-state index contributed by atoms with van der Waals surface area (Å²) in [4.78, 5) is 12.0. The number of aliphatic hydroxyl groups excluding tert-OH is 1. The maximum atomic E-state index is 12.0. The second-order valence-corrected chi connectivity index (χ2v) is 6.01. The van der Waals surface area contributed by atoms with Crippen molar-refractivity contribution in [3.05, 3.63) is 0 Å². The van der Waals surface area contributed by atoms with Gasteiger partial charge in [0.2, 0.25) is 5.91 Å². The molecule has 1 heterocycles. The van der Waals surface area contributed by atoms with Gasteiger partial charge in [-0.1, -0.05) is 0 Å². The highest BCUT2D eigenvalue weighted by Crippen LogP contribution is 2.25. The predicted molar refractivity (Wildman–Crippen MR) is 79.5 cm³/mol. The van der Waals surface area contributed by atoms with Crippen molar-refractivity contribution in [3.8, 4) is 0 Å². The quantitative estimate of drug-likeness (QED) is 0.614. The summed E-state index contributed by atoms with van der Waals surface area (Å²) in [6.45, 7) is 4.83. The van der Waals surface area contributed by atoms with Gasteiger partial charge in [-0.2, -0.15) is 11.8 Å². The Labute approximate surface area is 120 Å². The van der Waals surface area contributed by atoms with Crippen molar-refractivity contribution in [1.82, 2.24) is 10.6 Å². The van der Waals surface area contributed by atoms with Gasteiger partial charge in [0, 0.05) is 25.4 Å². The lowest BCUT2D eigenvalue weighted by atomic mass is 9.82. The molecule has 1 aliphatic heterocycles. The number of halogens is 1. The zero-order valence-electron chi connectivity index (χ0n) is 11.0. The van der Waals surface area contributed by atoms with Gasteiger partial charge >= 0.3 is 0 Å². The number of hydrogen-bond donors (Lipinski definition) is 3. The molecule has 1 saturated heterocycles. The van der Waals surface area contributed by atoms with E-state index in [9.17, 15) is 4.79 Å². The molecule has 0 aliphatic carbocycles. The van der Waals surface area contributed by atoms with Crippen LogP contribution >= 0.6 is 24.2 Å². The lowest BCUT2D eigenvalue weighted by molar-refractivity contribution is -0.130. The Morgan fingerprint density at radius 1 is 1.50 bits per heavy atom. The number of carbonyl (C=O) groups excluding carboxylic acids is 1. The van der Waals surface area contributed by atoms with Gasteiger partial charge in [-0.25, -0.2) is 0 Å². The summed E-state index contributed by atoms with van der Waals surface area (Å²) in [6, 6.07) is 0. The standard InChI is InChI=1S/C12H24N2O2S.ClH/c1-12(4-2-5-13-10-12)11(16)14-6-9-17-8-3-7-15;/h13,15H,2-10H2,1H3,(H,14,16);1H. The number of hydrogen-bond acceptors (Lipinski definition) is 4. The van der Waals surface area contributed by atoms with E-state index < -0.39 is 0 Å². The molecule has 6 heteroatoms. The summed E-state index contributed by atoms with van der Waals surface area (Å²) >= 11 is 1.78. The average Bonchev–Trinajstić information content (AvgIpc) is 2.34. The van der Waals surface area contributed by atoms with Crippen molar-refractivity contribution in [2.75, 3.05) is 37.7 Å². The third kappa shape index (κ3) is 6.27. The van der Waals surface area contributed by atoms with E-state index in [1.165, 1.54) is 0 Å². The van der Waals surface area contributed by atoms with Crippen LogP contribution in [-0.2, 0) is 4.79 Å². The summed E-state index contributed by atoms with van der Waals surface area (Å²) in [5, 5.41) is 14.9. The van der Waals surface area contributed by atoms with Gasteiger partial charge in [0.05, 0.1) is 5.41 Å². The maximum Gasteiger partial charge on any atom is 0.227 e. The molecule has 108 valence electrons.